The summed E-state index contributed by atoms with van der Waals surface area (Å²) in [7, 11) is 0. The highest BCUT2D eigenvalue weighted by Gasteiger charge is 2.36. The lowest BCUT2D eigenvalue weighted by Gasteiger charge is -2.13. The van der Waals surface area contributed by atoms with E-state index < -0.39 is 0 Å². The van der Waals surface area contributed by atoms with Gasteiger partial charge in [-0.15, -0.1) is 0 Å². The molecule has 1 aliphatic rings. The van der Waals surface area contributed by atoms with Gasteiger partial charge in [-0.2, -0.15) is 0 Å². The molecule has 3 rings (SSSR count). The van der Waals surface area contributed by atoms with Gasteiger partial charge in [0.05, 0.1) is 6.54 Å². The van der Waals surface area contributed by atoms with E-state index in [1.165, 1.54) is 12.0 Å². The van der Waals surface area contributed by atoms with Gasteiger partial charge in [-0.1, -0.05) is 35.0 Å². The molecular weight excluding hydrogens is 314 g/mol. The minimum Gasteiger partial charge on any atom is -0.464 e. The molecule has 2 aromatic rings. The van der Waals surface area contributed by atoms with Crippen molar-refractivity contribution < 1.29 is 4.42 Å². The van der Waals surface area contributed by atoms with Gasteiger partial charge in [0.25, 0.3) is 0 Å². The number of hydrogen-bond acceptors (Lipinski definition) is 2. The fourth-order valence-corrected chi connectivity index (χ4v) is 2.79. The third-order valence-corrected chi connectivity index (χ3v) is 4.64. The molecule has 1 aromatic heterocycles. The van der Waals surface area contributed by atoms with Gasteiger partial charge in [-0.05, 0) is 49.1 Å². The molecule has 0 saturated heterocycles. The number of nitrogens with one attached hydrogen (secondary N) is 1. The molecule has 106 valence electrons. The van der Waals surface area contributed by atoms with Crippen LogP contribution in [0.1, 0.15) is 49.3 Å². The summed E-state index contributed by atoms with van der Waals surface area (Å²) in [6.07, 6.45) is 1.27. The van der Waals surface area contributed by atoms with E-state index in [0.717, 1.165) is 28.5 Å². The average molecular weight is 334 g/mol. The Morgan fingerprint density at radius 2 is 1.95 bits per heavy atom. The molecule has 3 heteroatoms. The number of halogens is 1. The third-order valence-electron chi connectivity index (χ3n) is 4.11. The van der Waals surface area contributed by atoms with Crippen LogP contribution in [0.15, 0.2) is 45.3 Å². The standard InChI is InChI=1S/C17H20BrNO/c1-11-9-16(11)17-8-7-15(20-17)10-19-12(2)13-3-5-14(18)6-4-13/h3-8,11-12,16,19H,9-10H2,1-2H3/t11?,12-,16?/m1/s1. The van der Waals surface area contributed by atoms with Crippen LogP contribution in [0.25, 0.3) is 0 Å². The largest absolute Gasteiger partial charge is 0.464 e. The molecule has 0 spiro atoms. The Morgan fingerprint density at radius 3 is 2.60 bits per heavy atom. The summed E-state index contributed by atoms with van der Waals surface area (Å²) in [6, 6.07) is 13.0. The lowest BCUT2D eigenvalue weighted by atomic mass is 10.1. The van der Waals surface area contributed by atoms with E-state index in [1.54, 1.807) is 0 Å². The summed E-state index contributed by atoms with van der Waals surface area (Å²) in [5.41, 5.74) is 1.29. The van der Waals surface area contributed by atoms with Crippen molar-refractivity contribution in [3.05, 3.63) is 58.0 Å². The van der Waals surface area contributed by atoms with Crippen molar-refractivity contribution >= 4 is 15.9 Å². The molecule has 1 aliphatic carbocycles. The second-order valence-corrected chi connectivity index (χ2v) is 6.69. The van der Waals surface area contributed by atoms with Crippen LogP contribution < -0.4 is 5.32 Å². The van der Waals surface area contributed by atoms with E-state index in [1.807, 2.05) is 0 Å². The topological polar surface area (TPSA) is 25.2 Å². The van der Waals surface area contributed by atoms with E-state index in [9.17, 15) is 0 Å². The Labute approximate surface area is 128 Å². The quantitative estimate of drug-likeness (QED) is 0.831. The fraction of sp³-hybridized carbons (Fsp3) is 0.412. The number of hydrogen-bond donors (Lipinski definition) is 1. The third kappa shape index (κ3) is 3.15. The van der Waals surface area contributed by atoms with E-state index in [0.29, 0.717) is 12.0 Å². The van der Waals surface area contributed by atoms with Gasteiger partial charge >= 0.3 is 0 Å². The Bertz CT molecular complexity index is 575. The van der Waals surface area contributed by atoms with E-state index >= 15 is 0 Å². The number of rotatable bonds is 5. The molecule has 0 radical (unpaired) electrons. The van der Waals surface area contributed by atoms with Gasteiger partial charge in [0, 0.05) is 16.4 Å². The van der Waals surface area contributed by atoms with Crippen molar-refractivity contribution in [2.75, 3.05) is 0 Å². The second-order valence-electron chi connectivity index (χ2n) is 5.78. The number of furan rings is 1. The summed E-state index contributed by atoms with van der Waals surface area (Å²) >= 11 is 3.46. The van der Waals surface area contributed by atoms with E-state index in [2.05, 4.69) is 71.5 Å². The first-order valence-electron chi connectivity index (χ1n) is 7.21. The van der Waals surface area contributed by atoms with Crippen LogP contribution in [-0.4, -0.2) is 0 Å². The normalized spacial score (nSPS) is 22.8. The summed E-state index contributed by atoms with van der Waals surface area (Å²) in [5, 5.41) is 3.51. The first-order chi connectivity index (χ1) is 9.63. The average Bonchev–Trinajstić information content (AvgIpc) is 3.00. The lowest BCUT2D eigenvalue weighted by Crippen LogP contribution is -2.17. The molecule has 0 bridgehead atoms. The van der Waals surface area contributed by atoms with Crippen LogP contribution in [-0.2, 0) is 6.54 Å². The van der Waals surface area contributed by atoms with Gasteiger partial charge in [-0.3, -0.25) is 0 Å². The van der Waals surface area contributed by atoms with Crippen LogP contribution in [0.5, 0.6) is 0 Å². The van der Waals surface area contributed by atoms with Crippen LogP contribution in [0.3, 0.4) is 0 Å². The summed E-state index contributed by atoms with van der Waals surface area (Å²) < 4.78 is 7.03. The van der Waals surface area contributed by atoms with Crippen molar-refractivity contribution in [2.45, 2.75) is 38.8 Å². The minimum atomic E-state index is 0.316. The zero-order chi connectivity index (χ0) is 14.1. The predicted molar refractivity (Wildman–Crippen MR) is 84.6 cm³/mol. The smallest absolute Gasteiger partial charge is 0.117 e. The molecule has 1 N–H and O–H groups in total. The van der Waals surface area contributed by atoms with Crippen molar-refractivity contribution in [2.24, 2.45) is 5.92 Å². The van der Waals surface area contributed by atoms with Crippen LogP contribution in [0.4, 0.5) is 0 Å². The Hall–Kier alpha value is -1.06. The van der Waals surface area contributed by atoms with Crippen LogP contribution in [0.2, 0.25) is 0 Å². The van der Waals surface area contributed by atoms with Crippen molar-refractivity contribution in [1.29, 1.82) is 0 Å². The van der Waals surface area contributed by atoms with Crippen molar-refractivity contribution in [3.63, 3.8) is 0 Å². The Morgan fingerprint density at radius 1 is 1.25 bits per heavy atom. The highest BCUT2D eigenvalue weighted by Crippen LogP contribution is 2.47. The molecule has 1 heterocycles. The lowest BCUT2D eigenvalue weighted by molar-refractivity contribution is 0.430. The molecule has 0 aliphatic heterocycles. The maximum Gasteiger partial charge on any atom is 0.117 e. The zero-order valence-corrected chi connectivity index (χ0v) is 13.5. The van der Waals surface area contributed by atoms with Gasteiger partial charge in [0.2, 0.25) is 0 Å². The Balaban J connectivity index is 1.56. The molecule has 1 aromatic carbocycles. The van der Waals surface area contributed by atoms with Crippen LogP contribution >= 0.6 is 15.9 Å². The second kappa shape index (κ2) is 5.74. The molecule has 2 nitrogen and oxygen atoms in total. The van der Waals surface area contributed by atoms with Gasteiger partial charge in [-0.25, -0.2) is 0 Å². The highest BCUT2D eigenvalue weighted by molar-refractivity contribution is 9.10. The predicted octanol–water partition coefficient (Wildman–Crippen LogP) is 5.02. The van der Waals surface area contributed by atoms with Crippen LogP contribution in [0, 0.1) is 5.92 Å². The summed E-state index contributed by atoms with van der Waals surface area (Å²) in [4.78, 5) is 0. The molecule has 1 saturated carbocycles. The van der Waals surface area contributed by atoms with Gasteiger partial charge < -0.3 is 9.73 Å². The monoisotopic (exact) mass is 333 g/mol. The number of benzene rings is 1. The molecular formula is C17H20BrNO. The maximum atomic E-state index is 5.91. The highest BCUT2D eigenvalue weighted by atomic mass is 79.9. The zero-order valence-electron chi connectivity index (χ0n) is 11.9. The summed E-state index contributed by atoms with van der Waals surface area (Å²) in [6.45, 7) is 5.23. The molecule has 0 amide bonds. The van der Waals surface area contributed by atoms with E-state index in [4.69, 9.17) is 4.42 Å². The maximum absolute atomic E-state index is 5.91. The SMILES string of the molecule is CC1CC1c1ccc(CN[C@H](C)c2ccc(Br)cc2)o1. The summed E-state index contributed by atoms with van der Waals surface area (Å²) in [5.74, 6) is 3.64. The van der Waals surface area contributed by atoms with E-state index in [-0.39, 0.29) is 0 Å². The molecule has 20 heavy (non-hydrogen) atoms. The van der Waals surface area contributed by atoms with Gasteiger partial charge in [0.15, 0.2) is 0 Å². The fourth-order valence-electron chi connectivity index (χ4n) is 2.53. The first kappa shape index (κ1) is 13.9. The Kier molecular flexibility index (Phi) is 3.99. The molecule has 2 unspecified atom stereocenters. The first-order valence-corrected chi connectivity index (χ1v) is 8.00. The molecule has 1 fully saturated rings. The van der Waals surface area contributed by atoms with Crippen molar-refractivity contribution in [1.82, 2.24) is 5.32 Å². The van der Waals surface area contributed by atoms with Gasteiger partial charge in [0.1, 0.15) is 11.5 Å². The minimum absolute atomic E-state index is 0.316. The molecule has 3 atom stereocenters. The van der Waals surface area contributed by atoms with Crippen molar-refractivity contribution in [3.8, 4) is 0 Å².